The topological polar surface area (TPSA) is 64.1 Å². The maximum absolute atomic E-state index is 12.6. The number of carbonyl (C=O) groups excluding carboxylic acids is 1. The van der Waals surface area contributed by atoms with E-state index in [1.807, 2.05) is 61.5 Å². The van der Waals surface area contributed by atoms with Crippen molar-refractivity contribution in [2.45, 2.75) is 33.1 Å². The quantitative estimate of drug-likeness (QED) is 0.616. The highest BCUT2D eigenvalue weighted by atomic mass is 16.5. The molecule has 3 rings (SSSR count). The Morgan fingerprint density at radius 2 is 1.79 bits per heavy atom. The molecule has 0 spiro atoms. The number of hydrogen-bond donors (Lipinski definition) is 1. The molecule has 0 bridgehead atoms. The summed E-state index contributed by atoms with van der Waals surface area (Å²) < 4.78 is 6.15. The molecule has 3 aromatic rings. The van der Waals surface area contributed by atoms with Gasteiger partial charge in [0.05, 0.1) is 0 Å². The Bertz CT molecular complexity index is 940. The minimum absolute atomic E-state index is 0.238. The molecule has 0 radical (unpaired) electrons. The standard InChI is InChI=1S/C23H25N3O2/c1-4-14-24-22(27)19-15-25-21(17-10-6-5-7-11-17)26-23(19)28-20-13-9-8-12-18(20)16(2)3/h5-13,15-16H,4,14H2,1-3H3,(H,24,27). The zero-order chi connectivity index (χ0) is 19.9. The molecule has 0 fully saturated rings. The minimum Gasteiger partial charge on any atom is -0.438 e. The van der Waals surface area contributed by atoms with Gasteiger partial charge in [-0.15, -0.1) is 0 Å². The molecule has 1 heterocycles. The van der Waals surface area contributed by atoms with Crippen molar-refractivity contribution in [2.75, 3.05) is 6.54 Å². The van der Waals surface area contributed by atoms with Crippen LogP contribution in [0, 0.1) is 0 Å². The van der Waals surface area contributed by atoms with E-state index in [1.165, 1.54) is 6.20 Å². The van der Waals surface area contributed by atoms with Gasteiger partial charge in [0, 0.05) is 18.3 Å². The molecule has 0 unspecified atom stereocenters. The summed E-state index contributed by atoms with van der Waals surface area (Å²) in [6.07, 6.45) is 2.38. The van der Waals surface area contributed by atoms with E-state index in [4.69, 9.17) is 4.74 Å². The van der Waals surface area contributed by atoms with Gasteiger partial charge in [0.2, 0.25) is 5.88 Å². The van der Waals surface area contributed by atoms with Crippen LogP contribution < -0.4 is 10.1 Å². The molecule has 2 aromatic carbocycles. The molecule has 0 aliphatic heterocycles. The van der Waals surface area contributed by atoms with E-state index >= 15 is 0 Å². The van der Waals surface area contributed by atoms with Crippen molar-refractivity contribution >= 4 is 5.91 Å². The number of amides is 1. The van der Waals surface area contributed by atoms with E-state index in [0.29, 0.717) is 23.7 Å². The average molecular weight is 375 g/mol. The first kappa shape index (κ1) is 19.5. The lowest BCUT2D eigenvalue weighted by molar-refractivity contribution is 0.0950. The van der Waals surface area contributed by atoms with Crippen LogP contribution in [-0.2, 0) is 0 Å². The summed E-state index contributed by atoms with van der Waals surface area (Å²) in [4.78, 5) is 21.6. The van der Waals surface area contributed by atoms with Gasteiger partial charge in [-0.25, -0.2) is 4.98 Å². The number of nitrogens with one attached hydrogen (secondary N) is 1. The van der Waals surface area contributed by atoms with Crippen molar-refractivity contribution < 1.29 is 9.53 Å². The second-order valence-electron chi connectivity index (χ2n) is 6.83. The molecule has 0 aliphatic carbocycles. The van der Waals surface area contributed by atoms with Crippen molar-refractivity contribution in [2.24, 2.45) is 0 Å². The van der Waals surface area contributed by atoms with Crippen LogP contribution in [0.1, 0.15) is 49.0 Å². The molecule has 28 heavy (non-hydrogen) atoms. The van der Waals surface area contributed by atoms with Gasteiger partial charge in [-0.05, 0) is 24.0 Å². The Hall–Kier alpha value is -3.21. The lowest BCUT2D eigenvalue weighted by Gasteiger charge is -2.15. The molecule has 5 heteroatoms. The molecule has 1 N–H and O–H groups in total. The summed E-state index contributed by atoms with van der Waals surface area (Å²) in [5.74, 6) is 1.52. The normalized spacial score (nSPS) is 10.7. The molecular weight excluding hydrogens is 350 g/mol. The molecule has 0 atom stereocenters. The summed E-state index contributed by atoms with van der Waals surface area (Å²) in [7, 11) is 0. The van der Waals surface area contributed by atoms with Crippen LogP contribution in [-0.4, -0.2) is 22.4 Å². The van der Waals surface area contributed by atoms with Gasteiger partial charge in [-0.3, -0.25) is 4.79 Å². The van der Waals surface area contributed by atoms with E-state index in [2.05, 4.69) is 29.1 Å². The van der Waals surface area contributed by atoms with Gasteiger partial charge < -0.3 is 10.1 Å². The highest BCUT2D eigenvalue weighted by Crippen LogP contribution is 2.31. The minimum atomic E-state index is -0.238. The van der Waals surface area contributed by atoms with Gasteiger partial charge in [-0.1, -0.05) is 69.3 Å². The van der Waals surface area contributed by atoms with Crippen LogP contribution in [0.15, 0.2) is 60.8 Å². The Balaban J connectivity index is 2.04. The number of benzene rings is 2. The predicted molar refractivity (Wildman–Crippen MR) is 111 cm³/mol. The molecular formula is C23H25N3O2. The SMILES string of the molecule is CCCNC(=O)c1cnc(-c2ccccc2)nc1Oc1ccccc1C(C)C. The molecule has 0 saturated heterocycles. The van der Waals surface area contributed by atoms with Crippen molar-refractivity contribution in [1.82, 2.24) is 15.3 Å². The fourth-order valence-corrected chi connectivity index (χ4v) is 2.81. The molecule has 1 amide bonds. The summed E-state index contributed by atoms with van der Waals surface area (Å²) in [5, 5.41) is 2.87. The largest absolute Gasteiger partial charge is 0.438 e. The van der Waals surface area contributed by atoms with Gasteiger partial charge in [0.25, 0.3) is 5.91 Å². The fourth-order valence-electron chi connectivity index (χ4n) is 2.81. The van der Waals surface area contributed by atoms with Crippen molar-refractivity contribution in [1.29, 1.82) is 0 Å². The Morgan fingerprint density at radius 1 is 1.07 bits per heavy atom. The number of nitrogens with zero attached hydrogens (tertiary/aromatic N) is 2. The first-order valence-electron chi connectivity index (χ1n) is 9.57. The number of para-hydroxylation sites is 1. The van der Waals surface area contributed by atoms with E-state index in [9.17, 15) is 4.79 Å². The smallest absolute Gasteiger partial charge is 0.258 e. The number of ether oxygens (including phenoxy) is 1. The predicted octanol–water partition coefficient (Wildman–Crippen LogP) is 5.20. The van der Waals surface area contributed by atoms with Gasteiger partial charge in [-0.2, -0.15) is 4.98 Å². The summed E-state index contributed by atoms with van der Waals surface area (Å²) in [6.45, 7) is 6.80. The van der Waals surface area contributed by atoms with Crippen LogP contribution in [0.4, 0.5) is 0 Å². The molecule has 144 valence electrons. The monoisotopic (exact) mass is 375 g/mol. The second kappa shape index (κ2) is 9.13. The van der Waals surface area contributed by atoms with Crippen molar-refractivity contribution in [3.05, 3.63) is 71.9 Å². The second-order valence-corrected chi connectivity index (χ2v) is 6.83. The Kier molecular flexibility index (Phi) is 6.37. The molecule has 0 saturated carbocycles. The van der Waals surface area contributed by atoms with Crippen molar-refractivity contribution in [3.8, 4) is 23.0 Å². The summed E-state index contributed by atoms with van der Waals surface area (Å²) >= 11 is 0. The zero-order valence-electron chi connectivity index (χ0n) is 16.5. The highest BCUT2D eigenvalue weighted by Gasteiger charge is 2.19. The van der Waals surface area contributed by atoms with E-state index in [1.54, 1.807) is 0 Å². The third-order valence-corrected chi connectivity index (χ3v) is 4.31. The Morgan fingerprint density at radius 3 is 2.50 bits per heavy atom. The third kappa shape index (κ3) is 4.55. The van der Waals surface area contributed by atoms with E-state index < -0.39 is 0 Å². The maximum Gasteiger partial charge on any atom is 0.258 e. The van der Waals surface area contributed by atoms with Gasteiger partial charge in [0.15, 0.2) is 5.82 Å². The number of hydrogen-bond acceptors (Lipinski definition) is 4. The first-order valence-corrected chi connectivity index (χ1v) is 9.57. The van der Waals surface area contributed by atoms with Crippen LogP contribution >= 0.6 is 0 Å². The van der Waals surface area contributed by atoms with Crippen LogP contribution in [0.2, 0.25) is 0 Å². The molecule has 1 aromatic heterocycles. The number of carbonyl (C=O) groups is 1. The number of rotatable bonds is 7. The van der Waals surface area contributed by atoms with Crippen LogP contribution in [0.3, 0.4) is 0 Å². The van der Waals surface area contributed by atoms with E-state index in [0.717, 1.165) is 17.5 Å². The van der Waals surface area contributed by atoms with Crippen LogP contribution in [0.5, 0.6) is 11.6 Å². The first-order chi connectivity index (χ1) is 13.6. The average Bonchev–Trinajstić information content (AvgIpc) is 2.73. The van der Waals surface area contributed by atoms with Crippen molar-refractivity contribution in [3.63, 3.8) is 0 Å². The Labute approximate surface area is 165 Å². The third-order valence-electron chi connectivity index (χ3n) is 4.31. The molecule has 5 nitrogen and oxygen atoms in total. The van der Waals surface area contributed by atoms with Crippen LogP contribution in [0.25, 0.3) is 11.4 Å². The number of aromatic nitrogens is 2. The summed E-state index contributed by atoms with van der Waals surface area (Å²) in [6, 6.07) is 17.5. The molecule has 0 aliphatic rings. The fraction of sp³-hybridized carbons (Fsp3) is 0.261. The maximum atomic E-state index is 12.6. The van der Waals surface area contributed by atoms with Gasteiger partial charge >= 0.3 is 0 Å². The van der Waals surface area contributed by atoms with Gasteiger partial charge in [0.1, 0.15) is 11.3 Å². The van der Waals surface area contributed by atoms with E-state index in [-0.39, 0.29) is 17.7 Å². The lowest BCUT2D eigenvalue weighted by atomic mass is 10.0. The lowest BCUT2D eigenvalue weighted by Crippen LogP contribution is -2.25. The zero-order valence-corrected chi connectivity index (χ0v) is 16.5. The summed E-state index contributed by atoms with van der Waals surface area (Å²) in [5.41, 5.74) is 2.25. The highest BCUT2D eigenvalue weighted by molar-refractivity contribution is 5.96.